The predicted molar refractivity (Wildman–Crippen MR) is 87.1 cm³/mol. The third-order valence-electron chi connectivity index (χ3n) is 3.40. The Morgan fingerprint density at radius 2 is 1.64 bits per heavy atom. The molecule has 0 bridgehead atoms. The molecule has 0 spiro atoms. The maximum absolute atomic E-state index is 13.0. The van der Waals surface area contributed by atoms with Crippen molar-refractivity contribution in [1.29, 1.82) is 0 Å². The normalized spacial score (nSPS) is 11.9. The van der Waals surface area contributed by atoms with E-state index in [1.807, 2.05) is 0 Å². The van der Waals surface area contributed by atoms with Crippen molar-refractivity contribution in [2.45, 2.75) is 13.1 Å². The van der Waals surface area contributed by atoms with Gasteiger partial charge in [-0.1, -0.05) is 30.3 Å². The number of anilines is 1. The van der Waals surface area contributed by atoms with E-state index in [0.717, 1.165) is 12.1 Å². The second kappa shape index (κ2) is 7.21. The van der Waals surface area contributed by atoms with Gasteiger partial charge in [0.25, 0.3) is 5.91 Å². The van der Waals surface area contributed by atoms with Crippen molar-refractivity contribution < 1.29 is 27.9 Å². The van der Waals surface area contributed by atoms with Crippen molar-refractivity contribution in [1.82, 2.24) is 0 Å². The zero-order valence-electron chi connectivity index (χ0n) is 13.1. The molecule has 0 aliphatic rings. The van der Waals surface area contributed by atoms with Crippen molar-refractivity contribution in [2.24, 2.45) is 0 Å². The van der Waals surface area contributed by atoms with Gasteiger partial charge in [-0.15, -0.1) is 0 Å². The molecular formula is C18H14F3NO3. The largest absolute Gasteiger partial charge is 0.478 e. The van der Waals surface area contributed by atoms with Crippen molar-refractivity contribution in [3.05, 3.63) is 70.8 Å². The van der Waals surface area contributed by atoms with Crippen LogP contribution in [0.25, 0.3) is 6.08 Å². The summed E-state index contributed by atoms with van der Waals surface area (Å²) in [5.74, 6) is -1.91. The summed E-state index contributed by atoms with van der Waals surface area (Å²) in [6.45, 7) is 1.35. The number of halogens is 3. The van der Waals surface area contributed by atoms with Crippen LogP contribution in [0, 0.1) is 0 Å². The highest BCUT2D eigenvalue weighted by Gasteiger charge is 2.32. The number of aromatic carboxylic acids is 1. The van der Waals surface area contributed by atoms with E-state index in [4.69, 9.17) is 5.11 Å². The minimum Gasteiger partial charge on any atom is -0.478 e. The van der Waals surface area contributed by atoms with Crippen LogP contribution in [0.15, 0.2) is 54.1 Å². The molecule has 0 fully saturated rings. The Balaban J connectivity index is 2.30. The van der Waals surface area contributed by atoms with Crippen LogP contribution in [0.1, 0.15) is 28.4 Å². The molecule has 2 rings (SSSR count). The van der Waals surface area contributed by atoms with Crippen LogP contribution in [-0.2, 0) is 11.0 Å². The number of para-hydroxylation sites is 1. The number of carboxylic acid groups (broad SMARTS) is 1. The fraction of sp³-hybridized carbons (Fsp3) is 0.111. The lowest BCUT2D eigenvalue weighted by Crippen LogP contribution is -2.15. The summed E-state index contributed by atoms with van der Waals surface area (Å²) >= 11 is 0. The number of rotatable bonds is 4. The number of benzene rings is 2. The highest BCUT2D eigenvalue weighted by atomic mass is 19.4. The quantitative estimate of drug-likeness (QED) is 0.802. The van der Waals surface area contributed by atoms with Gasteiger partial charge in [0.1, 0.15) is 0 Å². The summed E-state index contributed by atoms with van der Waals surface area (Å²) in [6, 6.07) is 10.6. The summed E-state index contributed by atoms with van der Waals surface area (Å²) in [6.07, 6.45) is -3.43. The maximum Gasteiger partial charge on any atom is 0.416 e. The molecule has 0 aromatic heterocycles. The molecule has 2 aromatic carbocycles. The van der Waals surface area contributed by atoms with Crippen LogP contribution >= 0.6 is 0 Å². The van der Waals surface area contributed by atoms with E-state index >= 15 is 0 Å². The average molecular weight is 349 g/mol. The number of hydrogen-bond donors (Lipinski definition) is 2. The van der Waals surface area contributed by atoms with Crippen molar-refractivity contribution >= 4 is 23.6 Å². The number of carbonyl (C=O) groups excluding carboxylic acids is 1. The van der Waals surface area contributed by atoms with Gasteiger partial charge in [0.15, 0.2) is 0 Å². The standard InChI is InChI=1S/C18H14F3NO3/c1-11(10-12-6-2-4-8-14(12)18(19,20)21)16(23)22-15-9-5-3-7-13(15)17(24)25/h2-10H,1H3,(H,22,23)(H,24,25). The Kier molecular flexibility index (Phi) is 5.26. The molecule has 0 saturated heterocycles. The molecule has 0 atom stereocenters. The lowest BCUT2D eigenvalue weighted by atomic mass is 10.0. The fourth-order valence-electron chi connectivity index (χ4n) is 2.18. The van der Waals surface area contributed by atoms with Gasteiger partial charge in [0.05, 0.1) is 16.8 Å². The molecule has 7 heteroatoms. The van der Waals surface area contributed by atoms with Gasteiger partial charge in [-0.05, 0) is 36.8 Å². The van der Waals surface area contributed by atoms with Gasteiger partial charge >= 0.3 is 12.1 Å². The molecular weight excluding hydrogens is 335 g/mol. The van der Waals surface area contributed by atoms with Gasteiger partial charge in [-0.2, -0.15) is 13.2 Å². The Bertz CT molecular complexity index is 841. The fourth-order valence-corrected chi connectivity index (χ4v) is 2.18. The molecule has 130 valence electrons. The van der Waals surface area contributed by atoms with Crippen LogP contribution in [0.5, 0.6) is 0 Å². The first-order valence-electron chi connectivity index (χ1n) is 7.18. The number of hydrogen-bond acceptors (Lipinski definition) is 2. The van der Waals surface area contributed by atoms with E-state index in [-0.39, 0.29) is 22.4 Å². The first kappa shape index (κ1) is 18.3. The Morgan fingerprint density at radius 3 is 2.28 bits per heavy atom. The topological polar surface area (TPSA) is 66.4 Å². The predicted octanol–water partition coefficient (Wildman–Crippen LogP) is 4.45. The molecule has 1 amide bonds. The van der Waals surface area contributed by atoms with Gasteiger partial charge in [0, 0.05) is 5.57 Å². The van der Waals surface area contributed by atoms with Gasteiger partial charge in [0.2, 0.25) is 0 Å². The second-order valence-corrected chi connectivity index (χ2v) is 5.22. The first-order valence-corrected chi connectivity index (χ1v) is 7.18. The van der Waals surface area contributed by atoms with E-state index in [1.54, 1.807) is 6.07 Å². The smallest absolute Gasteiger partial charge is 0.416 e. The SMILES string of the molecule is CC(=Cc1ccccc1C(F)(F)F)C(=O)Nc1ccccc1C(=O)O. The first-order chi connectivity index (χ1) is 11.7. The molecule has 0 aliphatic heterocycles. The summed E-state index contributed by atoms with van der Waals surface area (Å²) in [4.78, 5) is 23.3. The molecule has 25 heavy (non-hydrogen) atoms. The minimum atomic E-state index is -4.54. The van der Waals surface area contributed by atoms with E-state index in [9.17, 15) is 22.8 Å². The maximum atomic E-state index is 13.0. The highest BCUT2D eigenvalue weighted by molar-refractivity contribution is 6.09. The number of alkyl halides is 3. The molecule has 2 aromatic rings. The molecule has 0 aliphatic carbocycles. The third-order valence-corrected chi connectivity index (χ3v) is 3.40. The van der Waals surface area contributed by atoms with E-state index in [2.05, 4.69) is 5.32 Å². The van der Waals surface area contributed by atoms with Crippen LogP contribution in [-0.4, -0.2) is 17.0 Å². The molecule has 2 N–H and O–H groups in total. The van der Waals surface area contributed by atoms with Crippen molar-refractivity contribution in [2.75, 3.05) is 5.32 Å². The zero-order chi connectivity index (χ0) is 18.6. The van der Waals surface area contributed by atoms with Crippen LogP contribution < -0.4 is 5.32 Å². The summed E-state index contributed by atoms with van der Waals surface area (Å²) in [5.41, 5.74) is -1.03. The Hall–Kier alpha value is -3.09. The monoisotopic (exact) mass is 349 g/mol. The van der Waals surface area contributed by atoms with E-state index in [1.165, 1.54) is 43.3 Å². The Labute approximate surface area is 141 Å². The van der Waals surface area contributed by atoms with Gasteiger partial charge < -0.3 is 10.4 Å². The number of amides is 1. The molecule has 0 unspecified atom stereocenters. The molecule has 0 saturated carbocycles. The van der Waals surface area contributed by atoms with Crippen molar-refractivity contribution in [3.63, 3.8) is 0 Å². The minimum absolute atomic E-state index is 0.0110. The Morgan fingerprint density at radius 1 is 1.04 bits per heavy atom. The van der Waals surface area contributed by atoms with E-state index in [0.29, 0.717) is 0 Å². The third kappa shape index (κ3) is 4.47. The summed E-state index contributed by atoms with van der Waals surface area (Å²) in [7, 11) is 0. The van der Waals surface area contributed by atoms with Gasteiger partial charge in [-0.25, -0.2) is 4.79 Å². The van der Waals surface area contributed by atoms with Crippen LogP contribution in [0.2, 0.25) is 0 Å². The summed E-state index contributed by atoms with van der Waals surface area (Å²) in [5, 5.41) is 11.5. The number of nitrogens with one attached hydrogen (secondary N) is 1. The lowest BCUT2D eigenvalue weighted by molar-refractivity contribution is -0.137. The van der Waals surface area contributed by atoms with Crippen molar-refractivity contribution in [3.8, 4) is 0 Å². The van der Waals surface area contributed by atoms with Gasteiger partial charge in [-0.3, -0.25) is 4.79 Å². The van der Waals surface area contributed by atoms with E-state index < -0.39 is 23.6 Å². The average Bonchev–Trinajstić information content (AvgIpc) is 2.54. The lowest BCUT2D eigenvalue weighted by Gasteiger charge is -2.11. The van der Waals surface area contributed by atoms with Crippen LogP contribution in [0.4, 0.5) is 18.9 Å². The number of carboxylic acids is 1. The number of carbonyl (C=O) groups is 2. The molecule has 4 nitrogen and oxygen atoms in total. The highest BCUT2D eigenvalue weighted by Crippen LogP contribution is 2.32. The van der Waals surface area contributed by atoms with Crippen LogP contribution in [0.3, 0.4) is 0 Å². The summed E-state index contributed by atoms with van der Waals surface area (Å²) < 4.78 is 39.0. The molecule has 0 radical (unpaired) electrons. The molecule has 0 heterocycles. The second-order valence-electron chi connectivity index (χ2n) is 5.22. The zero-order valence-corrected chi connectivity index (χ0v) is 13.1.